The standard InChI is InChI=1S/C12H18N2O/c1-8(2)13-12-7-11(14-10(4)15)6-5-9(12)3/h5-8,13H,1-4H3,(H,14,15). The van der Waals surface area contributed by atoms with Crippen molar-refractivity contribution in [2.24, 2.45) is 0 Å². The second kappa shape index (κ2) is 4.82. The number of carbonyl (C=O) groups excluding carboxylic acids is 1. The van der Waals surface area contributed by atoms with Crippen molar-refractivity contribution in [1.82, 2.24) is 0 Å². The molecule has 0 saturated carbocycles. The van der Waals surface area contributed by atoms with Gasteiger partial charge in [0.15, 0.2) is 0 Å². The van der Waals surface area contributed by atoms with Gasteiger partial charge in [-0.1, -0.05) is 6.07 Å². The third-order valence-electron chi connectivity index (χ3n) is 2.00. The topological polar surface area (TPSA) is 41.1 Å². The Hall–Kier alpha value is -1.51. The highest BCUT2D eigenvalue weighted by Crippen LogP contribution is 2.20. The number of nitrogens with one attached hydrogen (secondary N) is 2. The Bertz CT molecular complexity index is 359. The fourth-order valence-electron chi connectivity index (χ4n) is 1.37. The molecule has 1 aromatic rings. The predicted octanol–water partition coefficient (Wildman–Crippen LogP) is 2.77. The van der Waals surface area contributed by atoms with Crippen LogP contribution in [-0.4, -0.2) is 11.9 Å². The van der Waals surface area contributed by atoms with Gasteiger partial charge in [-0.2, -0.15) is 0 Å². The molecule has 82 valence electrons. The summed E-state index contributed by atoms with van der Waals surface area (Å²) in [4.78, 5) is 10.9. The van der Waals surface area contributed by atoms with Crippen LogP contribution in [0.25, 0.3) is 0 Å². The predicted molar refractivity (Wildman–Crippen MR) is 64.2 cm³/mol. The molecular formula is C12H18N2O. The molecule has 3 heteroatoms. The van der Waals surface area contributed by atoms with Crippen molar-refractivity contribution in [1.29, 1.82) is 0 Å². The summed E-state index contributed by atoms with van der Waals surface area (Å²) in [6, 6.07) is 6.24. The number of anilines is 2. The molecule has 0 saturated heterocycles. The zero-order chi connectivity index (χ0) is 11.4. The third kappa shape index (κ3) is 3.62. The number of hydrogen-bond donors (Lipinski definition) is 2. The first-order valence-corrected chi connectivity index (χ1v) is 5.14. The molecule has 0 heterocycles. The molecule has 0 radical (unpaired) electrons. The average Bonchev–Trinajstić information content (AvgIpc) is 2.09. The van der Waals surface area contributed by atoms with Crippen LogP contribution in [0.2, 0.25) is 0 Å². The molecule has 0 aromatic heterocycles. The van der Waals surface area contributed by atoms with Crippen LogP contribution in [0.5, 0.6) is 0 Å². The van der Waals surface area contributed by atoms with E-state index >= 15 is 0 Å². The van der Waals surface area contributed by atoms with Gasteiger partial charge in [-0.25, -0.2) is 0 Å². The van der Waals surface area contributed by atoms with E-state index < -0.39 is 0 Å². The third-order valence-corrected chi connectivity index (χ3v) is 2.00. The smallest absolute Gasteiger partial charge is 0.221 e. The van der Waals surface area contributed by atoms with Crippen LogP contribution in [0.4, 0.5) is 11.4 Å². The Kier molecular flexibility index (Phi) is 3.72. The lowest BCUT2D eigenvalue weighted by Crippen LogP contribution is -2.12. The van der Waals surface area contributed by atoms with E-state index in [4.69, 9.17) is 0 Å². The molecule has 1 aromatic carbocycles. The fraction of sp³-hybridized carbons (Fsp3) is 0.417. The second-order valence-electron chi connectivity index (χ2n) is 4.01. The molecule has 1 rings (SSSR count). The molecule has 0 unspecified atom stereocenters. The number of benzene rings is 1. The van der Waals surface area contributed by atoms with Crippen LogP contribution in [0.3, 0.4) is 0 Å². The summed E-state index contributed by atoms with van der Waals surface area (Å²) in [6.45, 7) is 7.73. The summed E-state index contributed by atoms with van der Waals surface area (Å²) in [5, 5.41) is 6.10. The van der Waals surface area contributed by atoms with Gasteiger partial charge < -0.3 is 10.6 Å². The van der Waals surface area contributed by atoms with E-state index in [0.29, 0.717) is 6.04 Å². The quantitative estimate of drug-likeness (QED) is 0.798. The van der Waals surface area contributed by atoms with Crippen LogP contribution in [0, 0.1) is 6.92 Å². The molecule has 0 aliphatic heterocycles. The van der Waals surface area contributed by atoms with Crippen molar-refractivity contribution < 1.29 is 4.79 Å². The number of rotatable bonds is 3. The molecule has 2 N–H and O–H groups in total. The molecule has 0 aliphatic carbocycles. The zero-order valence-corrected chi connectivity index (χ0v) is 9.72. The maximum absolute atomic E-state index is 10.9. The van der Waals surface area contributed by atoms with Crippen molar-refractivity contribution in [3.8, 4) is 0 Å². The maximum Gasteiger partial charge on any atom is 0.221 e. The SMILES string of the molecule is CC(=O)Nc1ccc(C)c(NC(C)C)c1. The monoisotopic (exact) mass is 206 g/mol. The first-order valence-electron chi connectivity index (χ1n) is 5.14. The minimum Gasteiger partial charge on any atom is -0.383 e. The fourth-order valence-corrected chi connectivity index (χ4v) is 1.37. The molecule has 0 spiro atoms. The van der Waals surface area contributed by atoms with Crippen LogP contribution in [-0.2, 0) is 4.79 Å². The minimum absolute atomic E-state index is 0.0469. The number of carbonyl (C=O) groups is 1. The van der Waals surface area contributed by atoms with Crippen molar-refractivity contribution in [2.75, 3.05) is 10.6 Å². The highest BCUT2D eigenvalue weighted by atomic mass is 16.1. The zero-order valence-electron chi connectivity index (χ0n) is 9.72. The number of amides is 1. The summed E-state index contributed by atoms with van der Waals surface area (Å²) in [5.41, 5.74) is 3.07. The van der Waals surface area contributed by atoms with Crippen LogP contribution in [0.1, 0.15) is 26.3 Å². The number of aryl methyl sites for hydroxylation is 1. The van der Waals surface area contributed by atoms with E-state index in [-0.39, 0.29) is 5.91 Å². The van der Waals surface area contributed by atoms with Gasteiger partial charge in [-0.3, -0.25) is 4.79 Å². The van der Waals surface area contributed by atoms with E-state index in [2.05, 4.69) is 24.5 Å². The molecule has 1 amide bonds. The molecule has 0 fully saturated rings. The van der Waals surface area contributed by atoms with Gasteiger partial charge in [0.1, 0.15) is 0 Å². The second-order valence-corrected chi connectivity index (χ2v) is 4.01. The van der Waals surface area contributed by atoms with Crippen LogP contribution in [0.15, 0.2) is 18.2 Å². The first kappa shape index (κ1) is 11.6. The summed E-state index contributed by atoms with van der Waals surface area (Å²) in [6.07, 6.45) is 0. The molecule has 3 nitrogen and oxygen atoms in total. The minimum atomic E-state index is -0.0469. The lowest BCUT2D eigenvalue weighted by molar-refractivity contribution is -0.114. The Balaban J connectivity index is 2.89. The highest BCUT2D eigenvalue weighted by Gasteiger charge is 2.02. The van der Waals surface area contributed by atoms with Gasteiger partial charge in [0.25, 0.3) is 0 Å². The summed E-state index contributed by atoms with van der Waals surface area (Å²) in [7, 11) is 0. The molecule has 0 bridgehead atoms. The Morgan fingerprint density at radius 1 is 1.33 bits per heavy atom. The Morgan fingerprint density at radius 3 is 2.53 bits per heavy atom. The van der Waals surface area contributed by atoms with Gasteiger partial charge in [0, 0.05) is 24.3 Å². The summed E-state index contributed by atoms with van der Waals surface area (Å²) >= 11 is 0. The van der Waals surface area contributed by atoms with Crippen molar-refractivity contribution >= 4 is 17.3 Å². The lowest BCUT2D eigenvalue weighted by atomic mass is 10.1. The van der Waals surface area contributed by atoms with Crippen LogP contribution >= 0.6 is 0 Å². The average molecular weight is 206 g/mol. The van der Waals surface area contributed by atoms with Crippen LogP contribution < -0.4 is 10.6 Å². The normalized spacial score (nSPS) is 10.2. The Labute approximate surface area is 90.9 Å². The molecule has 0 atom stereocenters. The van der Waals surface area contributed by atoms with Crippen molar-refractivity contribution in [3.63, 3.8) is 0 Å². The van der Waals surface area contributed by atoms with Gasteiger partial charge in [-0.05, 0) is 38.5 Å². The van der Waals surface area contributed by atoms with Gasteiger partial charge in [0.05, 0.1) is 0 Å². The summed E-state index contributed by atoms with van der Waals surface area (Å²) < 4.78 is 0. The van der Waals surface area contributed by atoms with E-state index in [9.17, 15) is 4.79 Å². The largest absolute Gasteiger partial charge is 0.383 e. The van der Waals surface area contributed by atoms with E-state index in [1.807, 2.05) is 25.1 Å². The van der Waals surface area contributed by atoms with Crippen molar-refractivity contribution in [3.05, 3.63) is 23.8 Å². The van der Waals surface area contributed by atoms with E-state index in [1.54, 1.807) is 0 Å². The lowest BCUT2D eigenvalue weighted by Gasteiger charge is -2.14. The van der Waals surface area contributed by atoms with E-state index in [0.717, 1.165) is 11.4 Å². The highest BCUT2D eigenvalue weighted by molar-refractivity contribution is 5.89. The maximum atomic E-state index is 10.9. The number of hydrogen-bond acceptors (Lipinski definition) is 2. The molecule has 15 heavy (non-hydrogen) atoms. The summed E-state index contributed by atoms with van der Waals surface area (Å²) in [5.74, 6) is -0.0469. The molecule has 0 aliphatic rings. The Morgan fingerprint density at radius 2 is 2.00 bits per heavy atom. The molecular weight excluding hydrogens is 188 g/mol. The van der Waals surface area contributed by atoms with E-state index in [1.165, 1.54) is 12.5 Å². The van der Waals surface area contributed by atoms with Gasteiger partial charge in [0.2, 0.25) is 5.91 Å². The van der Waals surface area contributed by atoms with Crippen molar-refractivity contribution in [2.45, 2.75) is 33.7 Å². The van der Waals surface area contributed by atoms with Gasteiger partial charge >= 0.3 is 0 Å². The first-order chi connectivity index (χ1) is 6.99. The van der Waals surface area contributed by atoms with Gasteiger partial charge in [-0.15, -0.1) is 0 Å².